The van der Waals surface area contributed by atoms with Crippen LogP contribution in [0.25, 0.3) is 11.1 Å². The zero-order valence-electron chi connectivity index (χ0n) is 18.0. The molecule has 3 aromatic carbocycles. The fourth-order valence-corrected chi connectivity index (χ4v) is 4.00. The number of halogens is 3. The second-order valence-electron chi connectivity index (χ2n) is 7.79. The molecule has 0 fully saturated rings. The largest absolute Gasteiger partial charge is 0.416 e. The number of nitrogens with one attached hydrogen (secondary N) is 2. The molecule has 6 nitrogen and oxygen atoms in total. The lowest BCUT2D eigenvalue weighted by atomic mass is 9.98. The van der Waals surface area contributed by atoms with Gasteiger partial charge >= 0.3 is 6.18 Å². The van der Waals surface area contributed by atoms with Crippen LogP contribution in [-0.2, 0) is 12.7 Å². The Morgan fingerprint density at radius 1 is 1.06 bits per heavy atom. The Balaban J connectivity index is 1.77. The summed E-state index contributed by atoms with van der Waals surface area (Å²) in [6.45, 7) is -0.278. The number of benzene rings is 3. The molecule has 34 heavy (non-hydrogen) atoms. The lowest BCUT2D eigenvalue weighted by Crippen LogP contribution is -2.25. The van der Waals surface area contributed by atoms with E-state index >= 15 is 0 Å². The van der Waals surface area contributed by atoms with Gasteiger partial charge in [0, 0.05) is 29.4 Å². The average Bonchev–Trinajstić information content (AvgIpc) is 3.18. The highest BCUT2D eigenvalue weighted by atomic mass is 19.4. The van der Waals surface area contributed by atoms with Crippen LogP contribution in [0.4, 0.5) is 18.9 Å². The topological polar surface area (TPSA) is 88.3 Å². The Bertz CT molecular complexity index is 1330. The maximum atomic E-state index is 13.6. The van der Waals surface area contributed by atoms with Gasteiger partial charge in [0.15, 0.2) is 0 Å². The molecule has 0 atom stereocenters. The summed E-state index contributed by atoms with van der Waals surface area (Å²) in [4.78, 5) is 26.8. The summed E-state index contributed by atoms with van der Waals surface area (Å²) in [5.74, 6) is -0.525. The maximum Gasteiger partial charge on any atom is 0.416 e. The first-order chi connectivity index (χ1) is 16.2. The first kappa shape index (κ1) is 22.9. The molecule has 172 valence electrons. The molecule has 1 heterocycles. The number of fused-ring (bicyclic) bond motifs is 1. The van der Waals surface area contributed by atoms with Gasteiger partial charge in [-0.05, 0) is 41.0 Å². The van der Waals surface area contributed by atoms with Crippen molar-refractivity contribution in [3.63, 3.8) is 0 Å². The molecule has 0 aliphatic carbocycles. The van der Waals surface area contributed by atoms with Gasteiger partial charge in [-0.2, -0.15) is 13.2 Å². The molecular formula is C25H19F3N4O2. The molecule has 0 saturated heterocycles. The number of amides is 1. The van der Waals surface area contributed by atoms with Crippen molar-refractivity contribution < 1.29 is 22.8 Å². The summed E-state index contributed by atoms with van der Waals surface area (Å²) in [6, 6.07) is 15.8. The monoisotopic (exact) mass is 464 g/mol. The van der Waals surface area contributed by atoms with E-state index in [4.69, 9.17) is 10.8 Å². The van der Waals surface area contributed by atoms with E-state index in [-0.39, 0.29) is 29.1 Å². The number of anilines is 1. The molecule has 0 saturated carbocycles. The minimum Gasteiger partial charge on any atom is -0.321 e. The highest BCUT2D eigenvalue weighted by molar-refractivity contribution is 6.11. The van der Waals surface area contributed by atoms with Crippen molar-refractivity contribution in [2.24, 2.45) is 0 Å². The van der Waals surface area contributed by atoms with E-state index in [2.05, 4.69) is 0 Å². The van der Waals surface area contributed by atoms with Crippen LogP contribution in [0.15, 0.2) is 60.7 Å². The molecule has 1 amide bonds. The van der Waals surface area contributed by atoms with Crippen LogP contribution in [0.3, 0.4) is 0 Å². The molecule has 0 spiro atoms. The van der Waals surface area contributed by atoms with E-state index in [0.717, 1.165) is 12.4 Å². The number of carbonyl (C=O) groups is 2. The minimum absolute atomic E-state index is 0.0943. The number of rotatable bonds is 5. The van der Waals surface area contributed by atoms with Gasteiger partial charge in [-0.25, -0.2) is 0 Å². The predicted octanol–water partition coefficient (Wildman–Crippen LogP) is 5.21. The van der Waals surface area contributed by atoms with Crippen molar-refractivity contribution in [2.45, 2.75) is 12.7 Å². The number of aldehydes is 1. The summed E-state index contributed by atoms with van der Waals surface area (Å²) >= 11 is 0. The van der Waals surface area contributed by atoms with Crippen LogP contribution in [0.2, 0.25) is 0 Å². The Morgan fingerprint density at radius 2 is 1.79 bits per heavy atom. The van der Waals surface area contributed by atoms with Crippen molar-refractivity contribution >= 4 is 30.1 Å². The SMILES string of the molecule is CN(C=N)C(=N)c1ccccc1-c1cccc(N2Cc3c(cc(C=O)cc3C(F)(F)F)C2=O)c1. The molecule has 0 unspecified atom stereocenters. The highest BCUT2D eigenvalue weighted by Crippen LogP contribution is 2.40. The van der Waals surface area contributed by atoms with Crippen LogP contribution in [0, 0.1) is 10.8 Å². The molecule has 9 heteroatoms. The standard InChI is InChI=1S/C25H19F3N4O2/c1-31(14-29)23(30)19-8-3-2-7-18(19)16-5-4-6-17(11-16)32-12-21-20(24(32)34)9-15(13-33)10-22(21)25(26,27)28/h2-11,13-14,29-30H,12H2,1H3. The second kappa shape index (κ2) is 8.58. The molecule has 0 bridgehead atoms. The first-order valence-corrected chi connectivity index (χ1v) is 10.2. The third-order valence-electron chi connectivity index (χ3n) is 5.70. The van der Waals surface area contributed by atoms with Crippen molar-refractivity contribution in [3.05, 3.63) is 88.5 Å². The van der Waals surface area contributed by atoms with Gasteiger partial charge in [-0.3, -0.25) is 20.4 Å². The first-order valence-electron chi connectivity index (χ1n) is 10.2. The second-order valence-corrected chi connectivity index (χ2v) is 7.79. The number of hydrogen-bond donors (Lipinski definition) is 2. The van der Waals surface area contributed by atoms with Crippen molar-refractivity contribution in [1.82, 2.24) is 4.90 Å². The third-order valence-corrected chi connectivity index (χ3v) is 5.70. The maximum absolute atomic E-state index is 13.6. The van der Waals surface area contributed by atoms with Crippen LogP contribution in [0.1, 0.15) is 37.4 Å². The van der Waals surface area contributed by atoms with Gasteiger partial charge in [0.05, 0.1) is 18.4 Å². The number of alkyl halides is 3. The lowest BCUT2D eigenvalue weighted by Gasteiger charge is -2.20. The predicted molar refractivity (Wildman–Crippen MR) is 123 cm³/mol. The van der Waals surface area contributed by atoms with Crippen molar-refractivity contribution in [1.29, 1.82) is 10.8 Å². The van der Waals surface area contributed by atoms with Gasteiger partial charge in [0.25, 0.3) is 5.91 Å². The Hall–Kier alpha value is -4.27. The average molecular weight is 464 g/mol. The molecule has 2 N–H and O–H groups in total. The van der Waals surface area contributed by atoms with Gasteiger partial charge < -0.3 is 9.80 Å². The van der Waals surface area contributed by atoms with Gasteiger partial charge in [-0.15, -0.1) is 0 Å². The molecule has 4 rings (SSSR count). The fourth-order valence-electron chi connectivity index (χ4n) is 4.00. The minimum atomic E-state index is -4.71. The summed E-state index contributed by atoms with van der Waals surface area (Å²) in [6.07, 6.45) is -3.40. The highest BCUT2D eigenvalue weighted by Gasteiger charge is 2.40. The van der Waals surface area contributed by atoms with Gasteiger partial charge in [0.2, 0.25) is 0 Å². The fraction of sp³-hybridized carbons (Fsp3) is 0.120. The van der Waals surface area contributed by atoms with E-state index in [9.17, 15) is 22.8 Å². The van der Waals surface area contributed by atoms with Gasteiger partial charge in [-0.1, -0.05) is 36.4 Å². The Morgan fingerprint density at radius 3 is 2.47 bits per heavy atom. The number of hydrogen-bond acceptors (Lipinski definition) is 4. The summed E-state index contributed by atoms with van der Waals surface area (Å²) in [7, 11) is 1.58. The zero-order chi connectivity index (χ0) is 24.6. The molecule has 1 aliphatic rings. The summed E-state index contributed by atoms with van der Waals surface area (Å²) < 4.78 is 40.9. The van der Waals surface area contributed by atoms with Crippen LogP contribution in [-0.4, -0.2) is 36.3 Å². The van der Waals surface area contributed by atoms with Crippen LogP contribution >= 0.6 is 0 Å². The van der Waals surface area contributed by atoms with Gasteiger partial charge in [0.1, 0.15) is 12.1 Å². The van der Waals surface area contributed by atoms with Crippen LogP contribution < -0.4 is 4.90 Å². The third kappa shape index (κ3) is 3.96. The molecule has 0 aromatic heterocycles. The number of nitrogens with zero attached hydrogens (tertiary/aromatic N) is 2. The molecule has 1 aliphatic heterocycles. The smallest absolute Gasteiger partial charge is 0.321 e. The zero-order valence-corrected chi connectivity index (χ0v) is 18.0. The summed E-state index contributed by atoms with van der Waals surface area (Å²) in [5.41, 5.74) is 0.764. The van der Waals surface area contributed by atoms with E-state index in [1.54, 1.807) is 55.6 Å². The van der Waals surface area contributed by atoms with Crippen molar-refractivity contribution in [3.8, 4) is 11.1 Å². The van der Waals surface area contributed by atoms with Crippen molar-refractivity contribution in [2.75, 3.05) is 11.9 Å². The van der Waals surface area contributed by atoms with E-state index < -0.39 is 17.6 Å². The molecular weight excluding hydrogens is 445 g/mol. The Labute approximate surface area is 193 Å². The normalized spacial score (nSPS) is 12.9. The Kier molecular flexibility index (Phi) is 5.78. The van der Waals surface area contributed by atoms with E-state index in [1.807, 2.05) is 0 Å². The number of carbonyl (C=O) groups excluding carboxylic acids is 2. The molecule has 3 aromatic rings. The summed E-state index contributed by atoms with van der Waals surface area (Å²) in [5, 5.41) is 15.8. The van der Waals surface area contributed by atoms with E-state index in [1.165, 1.54) is 15.9 Å². The van der Waals surface area contributed by atoms with Crippen LogP contribution in [0.5, 0.6) is 0 Å². The van der Waals surface area contributed by atoms with E-state index in [0.29, 0.717) is 28.7 Å². The lowest BCUT2D eigenvalue weighted by molar-refractivity contribution is -0.138. The molecule has 0 radical (unpaired) electrons. The number of amidine groups is 1. The quantitative estimate of drug-likeness (QED) is 0.309.